The molecule has 0 aliphatic carbocycles. The topological polar surface area (TPSA) is 0 Å². The second kappa shape index (κ2) is 4.04. The fourth-order valence-corrected chi connectivity index (χ4v) is 1.77. The fraction of sp³-hybridized carbons (Fsp3) is 0. The maximum absolute atomic E-state index is 6.00. The number of hydrogen-bond donors (Lipinski definition) is 0. The summed E-state index contributed by atoms with van der Waals surface area (Å²) in [6.45, 7) is 0. The Labute approximate surface area is 92.8 Å². The van der Waals surface area contributed by atoms with Gasteiger partial charge in [-0.2, -0.15) is 0 Å². The monoisotopic (exact) mass is 222 g/mol. The first-order valence-corrected chi connectivity index (χ1v) is 5.08. The highest BCUT2D eigenvalue weighted by atomic mass is 35.5. The lowest BCUT2D eigenvalue weighted by Crippen LogP contribution is -1.80. The van der Waals surface area contributed by atoms with Crippen LogP contribution in [0.4, 0.5) is 0 Å². The van der Waals surface area contributed by atoms with Gasteiger partial charge in [0.15, 0.2) is 0 Å². The quantitative estimate of drug-likeness (QED) is 0.661. The Balaban J connectivity index is 2.77. The van der Waals surface area contributed by atoms with Crippen molar-refractivity contribution in [1.82, 2.24) is 0 Å². The van der Waals surface area contributed by atoms with Crippen LogP contribution in [0.3, 0.4) is 0 Å². The summed E-state index contributed by atoms with van der Waals surface area (Å²) in [4.78, 5) is 0. The van der Waals surface area contributed by atoms with Gasteiger partial charge in [-0.25, -0.2) is 0 Å². The third-order valence-electron chi connectivity index (χ3n) is 2.14. The van der Waals surface area contributed by atoms with E-state index in [2.05, 4.69) is 12.1 Å². The van der Waals surface area contributed by atoms with Crippen LogP contribution in [0.15, 0.2) is 48.0 Å². The molecule has 0 bridgehead atoms. The van der Waals surface area contributed by atoms with E-state index >= 15 is 0 Å². The number of fused-ring (bicyclic) bond motifs is 1. The first-order valence-electron chi connectivity index (χ1n) is 4.27. The average Bonchev–Trinajstić information content (AvgIpc) is 2.27. The summed E-state index contributed by atoms with van der Waals surface area (Å²) in [7, 11) is 0. The van der Waals surface area contributed by atoms with Gasteiger partial charge in [-0.3, -0.25) is 0 Å². The predicted molar refractivity (Wildman–Crippen MR) is 63.6 cm³/mol. The second-order valence-electron chi connectivity index (χ2n) is 2.98. The van der Waals surface area contributed by atoms with Crippen molar-refractivity contribution in [2.24, 2.45) is 0 Å². The lowest BCUT2D eigenvalue weighted by molar-refractivity contribution is 1.71. The number of hydrogen-bond acceptors (Lipinski definition) is 0. The Morgan fingerprint density at radius 3 is 2.50 bits per heavy atom. The average molecular weight is 223 g/mol. The van der Waals surface area contributed by atoms with Crippen LogP contribution < -0.4 is 0 Å². The van der Waals surface area contributed by atoms with Crippen molar-refractivity contribution in [2.75, 3.05) is 0 Å². The molecule has 70 valence electrons. The molecule has 2 aromatic rings. The van der Waals surface area contributed by atoms with Crippen molar-refractivity contribution < 1.29 is 0 Å². The molecule has 14 heavy (non-hydrogen) atoms. The molecule has 0 spiro atoms. The highest BCUT2D eigenvalue weighted by Crippen LogP contribution is 2.27. The molecule has 0 nitrogen and oxygen atoms in total. The van der Waals surface area contributed by atoms with Gasteiger partial charge in [-0.1, -0.05) is 65.7 Å². The van der Waals surface area contributed by atoms with Gasteiger partial charge in [-0.15, -0.1) is 0 Å². The van der Waals surface area contributed by atoms with Crippen LogP contribution in [-0.2, 0) is 0 Å². The minimum atomic E-state index is 0.573. The molecule has 2 aromatic carbocycles. The van der Waals surface area contributed by atoms with Crippen LogP contribution in [0.5, 0.6) is 0 Å². The normalized spacial score (nSPS) is 12.0. The molecule has 0 aliphatic heterocycles. The van der Waals surface area contributed by atoms with Crippen molar-refractivity contribution in [1.29, 1.82) is 0 Å². The lowest BCUT2D eigenvalue weighted by Gasteiger charge is -2.03. The molecule has 0 fully saturated rings. The van der Waals surface area contributed by atoms with E-state index in [4.69, 9.17) is 23.2 Å². The van der Waals surface area contributed by atoms with E-state index < -0.39 is 0 Å². The zero-order chi connectivity index (χ0) is 9.97. The number of benzene rings is 2. The van der Waals surface area contributed by atoms with Crippen LogP contribution in [-0.4, -0.2) is 0 Å². The first kappa shape index (κ1) is 9.57. The van der Waals surface area contributed by atoms with E-state index in [9.17, 15) is 0 Å². The zero-order valence-corrected chi connectivity index (χ0v) is 8.89. The standard InChI is InChI=1S/C12H8Cl2/c13-8-12(14)11-7-3-5-9-4-1-2-6-10(9)11/h1-8H/b12-8-. The van der Waals surface area contributed by atoms with Gasteiger partial charge in [0.25, 0.3) is 0 Å². The predicted octanol–water partition coefficient (Wildman–Crippen LogP) is 4.62. The smallest absolute Gasteiger partial charge is 0.0597 e. The SMILES string of the molecule is Cl/C=C(\Cl)c1cccc2ccccc12. The largest absolute Gasteiger partial charge is 0.0913 e. The molecule has 0 aromatic heterocycles. The minimum Gasteiger partial charge on any atom is -0.0913 e. The molecule has 0 unspecified atom stereocenters. The zero-order valence-electron chi connectivity index (χ0n) is 7.37. The summed E-state index contributed by atoms with van der Waals surface area (Å²) < 4.78 is 0. The highest BCUT2D eigenvalue weighted by Gasteiger charge is 2.02. The molecule has 0 radical (unpaired) electrons. The van der Waals surface area contributed by atoms with Gasteiger partial charge in [0.2, 0.25) is 0 Å². The summed E-state index contributed by atoms with van der Waals surface area (Å²) in [5.41, 5.74) is 2.36. The molecule has 2 rings (SSSR count). The third-order valence-corrected chi connectivity index (χ3v) is 2.79. The van der Waals surface area contributed by atoms with Gasteiger partial charge in [0, 0.05) is 11.1 Å². The van der Waals surface area contributed by atoms with E-state index in [0.29, 0.717) is 5.03 Å². The molecule has 0 saturated heterocycles. The van der Waals surface area contributed by atoms with Gasteiger partial charge in [-0.05, 0) is 10.8 Å². The maximum atomic E-state index is 6.00. The molecule has 0 atom stereocenters. The summed E-state index contributed by atoms with van der Waals surface area (Å²) >= 11 is 11.6. The second-order valence-corrected chi connectivity index (χ2v) is 3.61. The summed E-state index contributed by atoms with van der Waals surface area (Å²) in [6.07, 6.45) is 0. The van der Waals surface area contributed by atoms with Crippen molar-refractivity contribution in [3.8, 4) is 0 Å². The van der Waals surface area contributed by atoms with E-state index in [0.717, 1.165) is 10.9 Å². The van der Waals surface area contributed by atoms with Crippen molar-refractivity contribution in [2.45, 2.75) is 0 Å². The summed E-state index contributed by atoms with van der Waals surface area (Å²) in [5, 5.41) is 2.86. The molecular weight excluding hydrogens is 215 g/mol. The Morgan fingerprint density at radius 2 is 1.71 bits per heavy atom. The van der Waals surface area contributed by atoms with Crippen molar-refractivity contribution >= 4 is 39.0 Å². The first-order chi connectivity index (χ1) is 6.83. The van der Waals surface area contributed by atoms with Crippen LogP contribution >= 0.6 is 23.2 Å². The van der Waals surface area contributed by atoms with Crippen LogP contribution in [0.25, 0.3) is 15.8 Å². The summed E-state index contributed by atoms with van der Waals surface area (Å²) in [6, 6.07) is 14.1. The summed E-state index contributed by atoms with van der Waals surface area (Å²) in [5.74, 6) is 0. The minimum absolute atomic E-state index is 0.573. The van der Waals surface area contributed by atoms with Crippen molar-refractivity contribution in [3.05, 3.63) is 53.6 Å². The molecule has 0 saturated carbocycles. The molecular formula is C12H8Cl2. The molecule has 0 amide bonds. The van der Waals surface area contributed by atoms with Crippen LogP contribution in [0.1, 0.15) is 5.56 Å². The molecule has 0 heterocycles. The Hall–Kier alpha value is -0.980. The maximum Gasteiger partial charge on any atom is 0.0597 e. The number of halogens is 2. The number of rotatable bonds is 1. The van der Waals surface area contributed by atoms with Gasteiger partial charge in [0.1, 0.15) is 0 Å². The fourth-order valence-electron chi connectivity index (χ4n) is 1.49. The van der Waals surface area contributed by atoms with E-state index in [1.165, 1.54) is 10.9 Å². The van der Waals surface area contributed by atoms with Crippen LogP contribution in [0.2, 0.25) is 0 Å². The lowest BCUT2D eigenvalue weighted by atomic mass is 10.0. The Bertz CT molecular complexity index is 481. The third kappa shape index (κ3) is 1.63. The van der Waals surface area contributed by atoms with Crippen LogP contribution in [0, 0.1) is 0 Å². The molecule has 2 heteroatoms. The van der Waals surface area contributed by atoms with E-state index in [1.807, 2.05) is 30.3 Å². The van der Waals surface area contributed by atoms with E-state index in [-0.39, 0.29) is 0 Å². The Morgan fingerprint density at radius 1 is 1.00 bits per heavy atom. The molecule has 0 N–H and O–H groups in total. The van der Waals surface area contributed by atoms with E-state index in [1.54, 1.807) is 0 Å². The van der Waals surface area contributed by atoms with Crippen molar-refractivity contribution in [3.63, 3.8) is 0 Å². The molecule has 0 aliphatic rings. The van der Waals surface area contributed by atoms with Gasteiger partial charge < -0.3 is 0 Å². The Kier molecular flexibility index (Phi) is 2.76. The highest BCUT2D eigenvalue weighted by molar-refractivity contribution is 6.53. The van der Waals surface area contributed by atoms with Gasteiger partial charge in [0.05, 0.1) is 5.03 Å². The van der Waals surface area contributed by atoms with Gasteiger partial charge >= 0.3 is 0 Å².